The van der Waals surface area contributed by atoms with E-state index in [-0.39, 0.29) is 10.3 Å². The van der Waals surface area contributed by atoms with Gasteiger partial charge in [-0.15, -0.1) is 0 Å². The molecule has 0 aromatic heterocycles. The van der Waals surface area contributed by atoms with E-state index in [1.807, 2.05) is 6.07 Å². The molecule has 0 heterocycles. The lowest BCUT2D eigenvalue weighted by Crippen LogP contribution is -2.31. The van der Waals surface area contributed by atoms with Crippen molar-refractivity contribution in [3.63, 3.8) is 0 Å². The second-order valence-electron chi connectivity index (χ2n) is 4.92. The van der Waals surface area contributed by atoms with E-state index in [2.05, 4.69) is 15.9 Å². The van der Waals surface area contributed by atoms with Gasteiger partial charge in [0.15, 0.2) is 14.3 Å². The Morgan fingerprint density at radius 2 is 1.95 bits per heavy atom. The van der Waals surface area contributed by atoms with Gasteiger partial charge in [0.1, 0.15) is 5.75 Å². The third kappa shape index (κ3) is 3.72. The summed E-state index contributed by atoms with van der Waals surface area (Å²) in [6, 6.07) is 6.78. The van der Waals surface area contributed by atoms with Crippen molar-refractivity contribution in [2.75, 3.05) is 5.75 Å². The van der Waals surface area contributed by atoms with Gasteiger partial charge in [0.05, 0.1) is 10.6 Å². The third-order valence-corrected chi connectivity index (χ3v) is 6.13. The zero-order valence-electron chi connectivity index (χ0n) is 11.1. The van der Waals surface area contributed by atoms with Gasteiger partial charge < -0.3 is 4.74 Å². The quantitative estimate of drug-likeness (QED) is 0.776. The Bertz CT molecular complexity index is 533. The molecule has 0 aliphatic heterocycles. The highest BCUT2D eigenvalue weighted by atomic mass is 79.9. The predicted octanol–water partition coefficient (Wildman–Crippen LogP) is 3.91. The molecule has 2 rings (SSSR count). The number of sulfone groups is 1. The lowest BCUT2D eigenvalue weighted by Gasteiger charge is -2.32. The van der Waals surface area contributed by atoms with Gasteiger partial charge in [-0.3, -0.25) is 0 Å². The number of benzene rings is 1. The molecule has 1 saturated carbocycles. The van der Waals surface area contributed by atoms with Crippen molar-refractivity contribution in [1.82, 2.24) is 0 Å². The zero-order chi connectivity index (χ0) is 13.9. The summed E-state index contributed by atoms with van der Waals surface area (Å²) in [5.41, 5.74) is 0. The average Bonchev–Trinajstić information content (AvgIpc) is 2.39. The van der Waals surface area contributed by atoms with Crippen molar-refractivity contribution in [3.05, 3.63) is 24.3 Å². The summed E-state index contributed by atoms with van der Waals surface area (Å²) in [7, 11) is -3.18. The molecule has 0 bridgehead atoms. The number of halogens is 1. The molecule has 0 saturated heterocycles. The fourth-order valence-electron chi connectivity index (χ4n) is 2.29. The predicted molar refractivity (Wildman–Crippen MR) is 79.5 cm³/mol. The summed E-state index contributed by atoms with van der Waals surface area (Å²) in [5.74, 6) is 0.726. The van der Waals surface area contributed by atoms with Crippen molar-refractivity contribution in [1.29, 1.82) is 0 Å². The molecule has 1 aromatic rings. The van der Waals surface area contributed by atoms with Gasteiger partial charge in [0, 0.05) is 0 Å². The van der Waals surface area contributed by atoms with Crippen LogP contribution in [0, 0.1) is 0 Å². The van der Waals surface area contributed by atoms with Crippen molar-refractivity contribution in [3.8, 4) is 5.75 Å². The van der Waals surface area contributed by atoms with Gasteiger partial charge in [-0.05, 0) is 59.8 Å². The Morgan fingerprint density at radius 3 is 2.58 bits per heavy atom. The monoisotopic (exact) mass is 346 g/mol. The first-order chi connectivity index (χ1) is 8.95. The molecule has 0 N–H and O–H groups in total. The Kier molecular flexibility index (Phi) is 4.56. The Labute approximate surface area is 123 Å². The third-order valence-electron chi connectivity index (χ3n) is 3.45. The summed E-state index contributed by atoms with van der Waals surface area (Å²) in [5, 5.41) is 0. The van der Waals surface area contributed by atoms with Crippen LogP contribution in [0.1, 0.15) is 39.0 Å². The summed E-state index contributed by atoms with van der Waals surface area (Å²) in [4.78, 5) is 0.333. The van der Waals surface area contributed by atoms with Crippen LogP contribution < -0.4 is 4.74 Å². The van der Waals surface area contributed by atoms with Crippen LogP contribution in [0.25, 0.3) is 0 Å². The van der Waals surface area contributed by atoms with Crippen LogP contribution in [0.5, 0.6) is 5.75 Å². The summed E-state index contributed by atoms with van der Waals surface area (Å²) in [6.45, 7) is 1.65. The van der Waals surface area contributed by atoms with E-state index < -0.39 is 9.84 Å². The van der Waals surface area contributed by atoms with Crippen molar-refractivity contribution in [2.24, 2.45) is 0 Å². The lowest BCUT2D eigenvalue weighted by molar-refractivity contribution is 0.127. The standard InChI is InChI=1S/C14H19BrO3S/c1-2-19(16,17)13-8-6-7-12(11-13)18-14(15)9-4-3-5-10-14/h6-8,11H,2-5,9-10H2,1H3. The fourth-order valence-corrected chi connectivity index (χ4v) is 3.95. The molecule has 3 nitrogen and oxygen atoms in total. The molecular formula is C14H19BrO3S. The summed E-state index contributed by atoms with van der Waals surface area (Å²) in [6.07, 6.45) is 5.42. The van der Waals surface area contributed by atoms with Gasteiger partial charge in [-0.25, -0.2) is 8.42 Å². The first-order valence-electron chi connectivity index (χ1n) is 6.66. The molecule has 106 valence electrons. The normalized spacial score (nSPS) is 19.1. The zero-order valence-corrected chi connectivity index (χ0v) is 13.5. The summed E-state index contributed by atoms with van der Waals surface area (Å²) < 4.78 is 29.4. The topological polar surface area (TPSA) is 43.4 Å². The smallest absolute Gasteiger partial charge is 0.178 e. The number of rotatable bonds is 4. The fraction of sp³-hybridized carbons (Fsp3) is 0.571. The van der Waals surface area contributed by atoms with Gasteiger partial charge in [0.25, 0.3) is 0 Å². The highest BCUT2D eigenvalue weighted by molar-refractivity contribution is 9.10. The van der Waals surface area contributed by atoms with Gasteiger partial charge >= 0.3 is 0 Å². The molecule has 0 spiro atoms. The molecule has 1 aliphatic carbocycles. The minimum atomic E-state index is -3.18. The molecular weight excluding hydrogens is 328 g/mol. The average molecular weight is 347 g/mol. The molecule has 1 aromatic carbocycles. The summed E-state index contributed by atoms with van der Waals surface area (Å²) >= 11 is 3.65. The molecule has 0 unspecified atom stereocenters. The molecule has 1 fully saturated rings. The van der Waals surface area contributed by atoms with Crippen LogP contribution in [0.15, 0.2) is 29.2 Å². The SMILES string of the molecule is CCS(=O)(=O)c1cccc(OC2(Br)CCCCC2)c1. The maximum atomic E-state index is 11.9. The van der Waals surface area contributed by atoms with Crippen molar-refractivity contribution < 1.29 is 13.2 Å². The van der Waals surface area contributed by atoms with Gasteiger partial charge in [-0.2, -0.15) is 0 Å². The van der Waals surface area contributed by atoms with Crippen molar-refractivity contribution >= 4 is 25.8 Å². The van der Waals surface area contributed by atoms with Crippen molar-refractivity contribution in [2.45, 2.75) is 48.4 Å². The lowest BCUT2D eigenvalue weighted by atomic mass is 9.97. The van der Waals surface area contributed by atoms with E-state index >= 15 is 0 Å². The molecule has 1 aliphatic rings. The minimum Gasteiger partial charge on any atom is -0.476 e. The maximum absolute atomic E-state index is 11.9. The maximum Gasteiger partial charge on any atom is 0.178 e. The minimum absolute atomic E-state index is 0.107. The highest BCUT2D eigenvalue weighted by Gasteiger charge is 2.31. The number of alkyl halides is 1. The number of hydrogen-bond acceptors (Lipinski definition) is 3. The van der Waals surface area contributed by atoms with E-state index in [1.165, 1.54) is 6.42 Å². The Hall–Kier alpha value is -0.550. The van der Waals surface area contributed by atoms with Gasteiger partial charge in [-0.1, -0.05) is 19.4 Å². The van der Waals surface area contributed by atoms with E-state index in [4.69, 9.17) is 4.74 Å². The van der Waals surface area contributed by atoms with Gasteiger partial charge in [0.2, 0.25) is 0 Å². The molecule has 0 radical (unpaired) electrons. The largest absolute Gasteiger partial charge is 0.476 e. The van der Waals surface area contributed by atoms with Crippen LogP contribution >= 0.6 is 15.9 Å². The van der Waals surface area contributed by atoms with Crippen LogP contribution in [-0.4, -0.2) is 18.7 Å². The van der Waals surface area contributed by atoms with E-state index in [0.717, 1.165) is 25.7 Å². The second kappa shape index (κ2) is 5.83. The Balaban J connectivity index is 2.20. The molecule has 5 heteroatoms. The van der Waals surface area contributed by atoms with E-state index in [1.54, 1.807) is 25.1 Å². The molecule has 0 atom stereocenters. The van der Waals surface area contributed by atoms with Crippen LogP contribution in [0.2, 0.25) is 0 Å². The van der Waals surface area contributed by atoms with Crippen LogP contribution in [-0.2, 0) is 9.84 Å². The number of ether oxygens (including phenoxy) is 1. The first kappa shape index (κ1) is 14.9. The molecule has 0 amide bonds. The van der Waals surface area contributed by atoms with Crippen LogP contribution in [0.3, 0.4) is 0 Å². The highest BCUT2D eigenvalue weighted by Crippen LogP contribution is 2.38. The van der Waals surface area contributed by atoms with E-state index in [0.29, 0.717) is 10.6 Å². The second-order valence-corrected chi connectivity index (χ2v) is 8.65. The van der Waals surface area contributed by atoms with E-state index in [9.17, 15) is 8.42 Å². The molecule has 19 heavy (non-hydrogen) atoms. The van der Waals surface area contributed by atoms with Crippen LogP contribution in [0.4, 0.5) is 0 Å². The Morgan fingerprint density at radius 1 is 1.26 bits per heavy atom. The number of hydrogen-bond donors (Lipinski definition) is 0. The first-order valence-corrected chi connectivity index (χ1v) is 9.10.